The number of aryl methyl sites for hydroxylation is 1. The van der Waals surface area contributed by atoms with Crippen LogP contribution in [0.4, 0.5) is 20.5 Å². The van der Waals surface area contributed by atoms with E-state index in [2.05, 4.69) is 37.1 Å². The summed E-state index contributed by atoms with van der Waals surface area (Å²) >= 11 is 0. The first-order chi connectivity index (χ1) is 19.2. The Morgan fingerprint density at radius 1 is 1.10 bits per heavy atom. The van der Waals surface area contributed by atoms with Gasteiger partial charge in [-0.1, -0.05) is 13.0 Å². The summed E-state index contributed by atoms with van der Waals surface area (Å²) in [4.78, 5) is 31.5. The van der Waals surface area contributed by atoms with E-state index < -0.39 is 23.5 Å². The SMILES string of the molecule is CCN1CCC([C@H](C(=O)O)c2ccc(Nc3ncc(F)c(-c4cc(F)c5nc(C)n(C(C)C)c5c4)n3)nc2)CC1. The van der Waals surface area contributed by atoms with E-state index in [0.717, 1.165) is 38.7 Å². The minimum atomic E-state index is -0.859. The number of anilines is 2. The fourth-order valence-electron chi connectivity index (χ4n) is 5.68. The summed E-state index contributed by atoms with van der Waals surface area (Å²) in [6.07, 6.45) is 4.22. The highest BCUT2D eigenvalue weighted by atomic mass is 19.1. The lowest BCUT2D eigenvalue weighted by Gasteiger charge is -2.34. The Morgan fingerprint density at radius 2 is 1.85 bits per heavy atom. The van der Waals surface area contributed by atoms with Crippen LogP contribution in [0.15, 0.2) is 36.7 Å². The Bertz CT molecular complexity index is 1530. The number of nitrogens with zero attached hydrogens (tertiary/aromatic N) is 6. The van der Waals surface area contributed by atoms with Crippen LogP contribution < -0.4 is 5.32 Å². The molecule has 0 saturated carbocycles. The van der Waals surface area contributed by atoms with Crippen molar-refractivity contribution in [2.75, 3.05) is 25.0 Å². The largest absolute Gasteiger partial charge is 0.481 e. The monoisotopic (exact) mass is 549 g/mol. The highest BCUT2D eigenvalue weighted by Crippen LogP contribution is 2.34. The average molecular weight is 550 g/mol. The van der Waals surface area contributed by atoms with E-state index in [0.29, 0.717) is 22.7 Å². The molecule has 40 heavy (non-hydrogen) atoms. The van der Waals surface area contributed by atoms with E-state index in [-0.39, 0.29) is 34.7 Å². The van der Waals surface area contributed by atoms with Crippen LogP contribution in [0.5, 0.6) is 0 Å². The number of aliphatic carboxylic acids is 1. The summed E-state index contributed by atoms with van der Waals surface area (Å²) in [6.45, 7) is 10.6. The number of fused-ring (bicyclic) bond motifs is 1. The molecule has 0 bridgehead atoms. The molecule has 0 amide bonds. The second kappa shape index (κ2) is 11.2. The molecular formula is C29H33F2N7O2. The Balaban J connectivity index is 1.39. The summed E-state index contributed by atoms with van der Waals surface area (Å²) in [5.74, 6) is -1.60. The molecule has 0 spiro atoms. The van der Waals surface area contributed by atoms with Crippen LogP contribution in [0.1, 0.15) is 57.0 Å². The quantitative estimate of drug-likeness (QED) is 0.288. The molecule has 9 nitrogen and oxygen atoms in total. The number of rotatable bonds is 8. The number of hydrogen-bond acceptors (Lipinski definition) is 7. The minimum Gasteiger partial charge on any atom is -0.481 e. The van der Waals surface area contributed by atoms with Crippen molar-refractivity contribution in [2.24, 2.45) is 5.92 Å². The number of carboxylic acid groups (broad SMARTS) is 1. The summed E-state index contributed by atoms with van der Waals surface area (Å²) in [6, 6.07) is 6.33. The normalized spacial score (nSPS) is 15.6. The van der Waals surface area contributed by atoms with Crippen molar-refractivity contribution in [3.05, 3.63) is 59.7 Å². The van der Waals surface area contributed by atoms with Crippen molar-refractivity contribution in [3.8, 4) is 11.3 Å². The fourth-order valence-corrected chi connectivity index (χ4v) is 5.68. The first kappa shape index (κ1) is 27.6. The molecule has 11 heteroatoms. The number of aromatic nitrogens is 5. The topological polar surface area (TPSA) is 109 Å². The molecule has 5 rings (SSSR count). The van der Waals surface area contributed by atoms with Gasteiger partial charge in [0, 0.05) is 17.8 Å². The van der Waals surface area contributed by atoms with Crippen molar-refractivity contribution in [1.29, 1.82) is 0 Å². The number of piperidine rings is 1. The van der Waals surface area contributed by atoms with Crippen LogP contribution in [0.2, 0.25) is 0 Å². The first-order valence-electron chi connectivity index (χ1n) is 13.5. The van der Waals surface area contributed by atoms with Gasteiger partial charge < -0.3 is 19.9 Å². The second-order valence-electron chi connectivity index (χ2n) is 10.5. The van der Waals surface area contributed by atoms with Gasteiger partial charge in [0.1, 0.15) is 22.9 Å². The number of benzene rings is 1. The van der Waals surface area contributed by atoms with Crippen molar-refractivity contribution < 1.29 is 18.7 Å². The first-order valence-corrected chi connectivity index (χ1v) is 13.5. The number of carboxylic acids is 1. The Labute approximate surface area is 231 Å². The van der Waals surface area contributed by atoms with Gasteiger partial charge in [-0.25, -0.2) is 28.7 Å². The zero-order valence-corrected chi connectivity index (χ0v) is 23.0. The predicted molar refractivity (Wildman–Crippen MR) is 149 cm³/mol. The number of halogens is 2. The van der Waals surface area contributed by atoms with E-state index in [9.17, 15) is 18.7 Å². The van der Waals surface area contributed by atoms with Crippen LogP contribution in [0.25, 0.3) is 22.3 Å². The van der Waals surface area contributed by atoms with Gasteiger partial charge in [-0.15, -0.1) is 0 Å². The molecule has 1 aliphatic rings. The molecular weight excluding hydrogens is 516 g/mol. The standard InChI is InChI=1S/C29H33F2N7O2/c1-5-37-10-8-18(9-11-37)25(28(39)40)19-6-7-24(32-14-19)35-29-33-15-22(31)26(36-29)20-12-21(30)27-23(13-20)38(16(2)3)17(4)34-27/h6-7,12-16,18,25H,5,8-11H2,1-4H3,(H,39,40)(H,32,33,35,36)/t25-/m0/s1. The van der Waals surface area contributed by atoms with Gasteiger partial charge in [-0.2, -0.15) is 0 Å². The average Bonchev–Trinajstić information content (AvgIpc) is 3.27. The highest BCUT2D eigenvalue weighted by Gasteiger charge is 2.32. The Morgan fingerprint density at radius 3 is 2.48 bits per heavy atom. The van der Waals surface area contributed by atoms with Gasteiger partial charge in [-0.05, 0) is 82.9 Å². The molecule has 0 unspecified atom stereocenters. The van der Waals surface area contributed by atoms with Gasteiger partial charge in [-0.3, -0.25) is 4.79 Å². The second-order valence-corrected chi connectivity index (χ2v) is 10.5. The molecule has 2 N–H and O–H groups in total. The smallest absolute Gasteiger partial charge is 0.311 e. The number of likely N-dealkylation sites (tertiary alicyclic amines) is 1. The molecule has 1 aromatic carbocycles. The van der Waals surface area contributed by atoms with E-state index in [1.54, 1.807) is 31.3 Å². The molecule has 0 radical (unpaired) electrons. The summed E-state index contributed by atoms with van der Waals surface area (Å²) in [7, 11) is 0. The molecule has 1 saturated heterocycles. The molecule has 0 aliphatic carbocycles. The lowest BCUT2D eigenvalue weighted by atomic mass is 9.80. The van der Waals surface area contributed by atoms with Crippen molar-refractivity contribution >= 4 is 28.8 Å². The zero-order valence-electron chi connectivity index (χ0n) is 23.0. The summed E-state index contributed by atoms with van der Waals surface area (Å²) < 4.78 is 31.7. The van der Waals surface area contributed by atoms with Crippen molar-refractivity contribution in [3.63, 3.8) is 0 Å². The number of nitrogens with one attached hydrogen (secondary N) is 1. The van der Waals surface area contributed by atoms with Gasteiger partial charge in [0.2, 0.25) is 5.95 Å². The van der Waals surface area contributed by atoms with Crippen LogP contribution >= 0.6 is 0 Å². The number of pyridine rings is 1. The minimum absolute atomic E-state index is 0.0334. The highest BCUT2D eigenvalue weighted by molar-refractivity contribution is 5.83. The molecule has 4 heterocycles. The van der Waals surface area contributed by atoms with Crippen LogP contribution in [0, 0.1) is 24.5 Å². The molecule has 1 atom stereocenters. The Hall–Kier alpha value is -3.99. The maximum absolute atomic E-state index is 15.0. The van der Waals surface area contributed by atoms with Crippen LogP contribution in [-0.2, 0) is 4.79 Å². The third-order valence-corrected chi connectivity index (χ3v) is 7.66. The molecule has 3 aromatic heterocycles. The lowest BCUT2D eigenvalue weighted by Crippen LogP contribution is -2.37. The lowest BCUT2D eigenvalue weighted by molar-refractivity contribution is -0.140. The van der Waals surface area contributed by atoms with Crippen LogP contribution in [-0.4, -0.2) is 60.1 Å². The molecule has 1 aliphatic heterocycles. The molecule has 1 fully saturated rings. The van der Waals surface area contributed by atoms with Gasteiger partial charge in [0.25, 0.3) is 0 Å². The van der Waals surface area contributed by atoms with Gasteiger partial charge >= 0.3 is 5.97 Å². The summed E-state index contributed by atoms with van der Waals surface area (Å²) in [5.41, 5.74) is 1.61. The molecule has 210 valence electrons. The maximum Gasteiger partial charge on any atom is 0.311 e. The number of hydrogen-bond donors (Lipinski definition) is 2. The van der Waals surface area contributed by atoms with Gasteiger partial charge in [0.15, 0.2) is 11.6 Å². The third-order valence-electron chi connectivity index (χ3n) is 7.66. The van der Waals surface area contributed by atoms with Crippen molar-refractivity contribution in [2.45, 2.75) is 52.5 Å². The predicted octanol–water partition coefficient (Wildman–Crippen LogP) is 5.70. The Kier molecular flexibility index (Phi) is 7.75. The van der Waals surface area contributed by atoms with Gasteiger partial charge in [0.05, 0.1) is 17.6 Å². The fraction of sp³-hybridized carbons (Fsp3) is 0.414. The van der Waals surface area contributed by atoms with Crippen molar-refractivity contribution in [1.82, 2.24) is 29.4 Å². The zero-order chi connectivity index (χ0) is 28.6. The summed E-state index contributed by atoms with van der Waals surface area (Å²) in [5, 5.41) is 12.9. The van der Waals surface area contributed by atoms with E-state index >= 15 is 0 Å². The van der Waals surface area contributed by atoms with E-state index in [1.165, 1.54) is 6.07 Å². The maximum atomic E-state index is 15.0. The number of carbonyl (C=O) groups is 1. The molecule has 4 aromatic rings. The number of imidazole rings is 1. The third kappa shape index (κ3) is 5.38. The van der Waals surface area contributed by atoms with E-state index in [1.807, 2.05) is 18.4 Å². The van der Waals surface area contributed by atoms with E-state index in [4.69, 9.17) is 0 Å². The van der Waals surface area contributed by atoms with Crippen LogP contribution in [0.3, 0.4) is 0 Å².